The Bertz CT molecular complexity index is 624. The van der Waals surface area contributed by atoms with E-state index in [2.05, 4.69) is 44.0 Å². The number of nitrogens with two attached hydrogens (primary N) is 1. The molecule has 0 saturated carbocycles. The maximum atomic E-state index is 9.58. The lowest BCUT2D eigenvalue weighted by atomic mass is 9.81. The maximum absolute atomic E-state index is 9.58. The van der Waals surface area contributed by atoms with Crippen molar-refractivity contribution in [1.29, 1.82) is 5.26 Å². The van der Waals surface area contributed by atoms with Crippen molar-refractivity contribution in [2.45, 2.75) is 72.1 Å². The Balaban J connectivity index is 2.19. The number of aryl methyl sites for hydroxylation is 1. The second-order valence-corrected chi connectivity index (χ2v) is 7.38. The van der Waals surface area contributed by atoms with Crippen LogP contribution in [0.2, 0.25) is 0 Å². The molecule has 3 N–H and O–H groups in total. The monoisotopic (exact) mass is 330 g/mol. The van der Waals surface area contributed by atoms with E-state index in [9.17, 15) is 5.26 Å². The molecule has 1 aliphatic heterocycles. The summed E-state index contributed by atoms with van der Waals surface area (Å²) in [7, 11) is 0. The molecule has 0 fully saturated rings. The molecule has 0 bridgehead atoms. The number of ether oxygens (including phenoxy) is 1. The first kappa shape index (κ1) is 18.4. The topological polar surface area (TPSA) is 87.7 Å². The molecule has 2 heterocycles. The van der Waals surface area contributed by atoms with Crippen LogP contribution in [0, 0.1) is 23.2 Å². The number of aromatic nitrogens is 2. The van der Waals surface area contributed by atoms with Crippen LogP contribution >= 0.6 is 0 Å². The first-order chi connectivity index (χ1) is 11.5. The summed E-state index contributed by atoms with van der Waals surface area (Å²) in [6, 6.07) is 2.27. The third-order valence-corrected chi connectivity index (χ3v) is 4.75. The summed E-state index contributed by atoms with van der Waals surface area (Å²) in [6.45, 7) is 8.92. The Labute approximate surface area is 145 Å². The third kappa shape index (κ3) is 4.11. The highest BCUT2D eigenvalue weighted by Crippen LogP contribution is 2.43. The van der Waals surface area contributed by atoms with E-state index in [0.29, 0.717) is 17.4 Å². The van der Waals surface area contributed by atoms with Gasteiger partial charge < -0.3 is 10.5 Å². The number of H-pyrrole nitrogens is 1. The summed E-state index contributed by atoms with van der Waals surface area (Å²) in [5.74, 6) is 2.02. The lowest BCUT2D eigenvalue weighted by Crippen LogP contribution is -2.22. The van der Waals surface area contributed by atoms with Gasteiger partial charge in [-0.15, -0.1) is 5.10 Å². The average Bonchev–Trinajstić information content (AvgIpc) is 2.90. The molecule has 0 spiro atoms. The Morgan fingerprint density at radius 2 is 2.08 bits per heavy atom. The first-order valence-electron chi connectivity index (χ1n) is 9.12. The molecule has 1 aromatic heterocycles. The molecule has 2 atom stereocenters. The van der Waals surface area contributed by atoms with Crippen LogP contribution in [0.5, 0.6) is 5.88 Å². The van der Waals surface area contributed by atoms with Crippen molar-refractivity contribution in [3.63, 3.8) is 0 Å². The fourth-order valence-electron chi connectivity index (χ4n) is 3.48. The van der Waals surface area contributed by atoms with Crippen molar-refractivity contribution >= 4 is 0 Å². The first-order valence-corrected chi connectivity index (χ1v) is 9.12. The minimum absolute atomic E-state index is 0.00639. The van der Waals surface area contributed by atoms with Gasteiger partial charge in [-0.25, -0.2) is 0 Å². The third-order valence-electron chi connectivity index (χ3n) is 4.75. The van der Waals surface area contributed by atoms with Gasteiger partial charge in [0.15, 0.2) is 0 Å². The minimum Gasteiger partial charge on any atom is -0.420 e. The van der Waals surface area contributed by atoms with E-state index in [1.54, 1.807) is 0 Å². The zero-order valence-electron chi connectivity index (χ0n) is 15.4. The number of hydrogen-bond donors (Lipinski definition) is 2. The van der Waals surface area contributed by atoms with Gasteiger partial charge in [-0.1, -0.05) is 53.4 Å². The lowest BCUT2D eigenvalue weighted by Gasteiger charge is -2.26. The molecule has 0 amide bonds. The Kier molecular flexibility index (Phi) is 6.30. The smallest absolute Gasteiger partial charge is 0.243 e. The normalized spacial score (nSPS) is 18.2. The van der Waals surface area contributed by atoms with E-state index in [4.69, 9.17) is 10.5 Å². The molecule has 1 aliphatic rings. The molecule has 2 unspecified atom stereocenters. The molecule has 0 aromatic carbocycles. The Morgan fingerprint density at radius 3 is 2.71 bits per heavy atom. The van der Waals surface area contributed by atoms with E-state index in [-0.39, 0.29) is 11.8 Å². The van der Waals surface area contributed by atoms with Crippen LogP contribution in [0.25, 0.3) is 0 Å². The fourth-order valence-corrected chi connectivity index (χ4v) is 3.48. The summed E-state index contributed by atoms with van der Waals surface area (Å²) in [6.07, 6.45) is 6.48. The van der Waals surface area contributed by atoms with E-state index in [0.717, 1.165) is 36.4 Å². The van der Waals surface area contributed by atoms with Crippen LogP contribution in [0.1, 0.15) is 77.0 Å². The number of nitrogens with one attached hydrogen (secondary N) is 1. The summed E-state index contributed by atoms with van der Waals surface area (Å²) >= 11 is 0. The molecule has 2 rings (SSSR count). The number of aromatic amines is 1. The highest BCUT2D eigenvalue weighted by Gasteiger charge is 2.34. The number of hydrogen-bond acceptors (Lipinski definition) is 4. The van der Waals surface area contributed by atoms with Crippen molar-refractivity contribution in [1.82, 2.24) is 10.2 Å². The van der Waals surface area contributed by atoms with Gasteiger partial charge in [0.2, 0.25) is 11.8 Å². The van der Waals surface area contributed by atoms with Crippen molar-refractivity contribution in [2.75, 3.05) is 0 Å². The number of nitriles is 1. The van der Waals surface area contributed by atoms with Gasteiger partial charge in [0.05, 0.1) is 5.57 Å². The van der Waals surface area contributed by atoms with Gasteiger partial charge in [0.1, 0.15) is 6.07 Å². The van der Waals surface area contributed by atoms with Crippen LogP contribution in [-0.4, -0.2) is 10.2 Å². The van der Waals surface area contributed by atoms with Crippen LogP contribution in [0.3, 0.4) is 0 Å². The van der Waals surface area contributed by atoms with Gasteiger partial charge in [-0.3, -0.25) is 5.10 Å². The summed E-state index contributed by atoms with van der Waals surface area (Å²) < 4.78 is 5.58. The van der Waals surface area contributed by atoms with Gasteiger partial charge in [-0.2, -0.15) is 5.26 Å². The van der Waals surface area contributed by atoms with E-state index in [1.807, 2.05) is 0 Å². The average molecular weight is 330 g/mol. The molecule has 24 heavy (non-hydrogen) atoms. The van der Waals surface area contributed by atoms with Gasteiger partial charge in [0.25, 0.3) is 0 Å². The van der Waals surface area contributed by atoms with Crippen LogP contribution in [0.4, 0.5) is 0 Å². The van der Waals surface area contributed by atoms with Crippen molar-refractivity contribution in [3.05, 3.63) is 22.7 Å². The number of fused-ring (bicyclic) bond motifs is 1. The van der Waals surface area contributed by atoms with Crippen LogP contribution in [0.15, 0.2) is 11.5 Å². The molecule has 5 heteroatoms. The van der Waals surface area contributed by atoms with E-state index in [1.165, 1.54) is 19.3 Å². The Hall–Kier alpha value is -1.96. The summed E-state index contributed by atoms with van der Waals surface area (Å²) in [5, 5.41) is 16.9. The standard InChI is InChI=1S/C19H30N4O/c1-5-7-16-17-14(10-13(4)9-6-8-12(2)3)15(11-20)18(21)24-19(17)23-22-16/h12-14H,5-10,21H2,1-4H3,(H,22,23). The number of nitrogens with zero attached hydrogens (tertiary/aromatic N) is 2. The number of rotatable bonds is 8. The highest BCUT2D eigenvalue weighted by molar-refractivity contribution is 5.48. The molecule has 5 nitrogen and oxygen atoms in total. The summed E-state index contributed by atoms with van der Waals surface area (Å²) in [4.78, 5) is 0. The quantitative estimate of drug-likeness (QED) is 0.740. The lowest BCUT2D eigenvalue weighted by molar-refractivity contribution is 0.354. The predicted molar refractivity (Wildman–Crippen MR) is 95.2 cm³/mol. The van der Waals surface area contributed by atoms with Crippen molar-refractivity contribution < 1.29 is 4.74 Å². The second kappa shape index (κ2) is 8.23. The largest absolute Gasteiger partial charge is 0.420 e. The predicted octanol–water partition coefficient (Wildman–Crippen LogP) is 4.38. The maximum Gasteiger partial charge on any atom is 0.243 e. The second-order valence-electron chi connectivity index (χ2n) is 7.38. The number of allylic oxidation sites excluding steroid dienone is 1. The zero-order valence-corrected chi connectivity index (χ0v) is 15.4. The van der Waals surface area contributed by atoms with E-state index < -0.39 is 0 Å². The molecule has 1 aromatic rings. The van der Waals surface area contributed by atoms with Crippen molar-refractivity contribution in [3.8, 4) is 11.9 Å². The van der Waals surface area contributed by atoms with Gasteiger partial charge >= 0.3 is 0 Å². The zero-order chi connectivity index (χ0) is 17.7. The molecule has 0 saturated heterocycles. The van der Waals surface area contributed by atoms with Gasteiger partial charge in [-0.05, 0) is 24.7 Å². The summed E-state index contributed by atoms with van der Waals surface area (Å²) in [5.41, 5.74) is 8.64. The molecule has 0 aliphatic carbocycles. The van der Waals surface area contributed by atoms with Crippen LogP contribution in [-0.2, 0) is 6.42 Å². The molecule has 132 valence electrons. The Morgan fingerprint density at radius 1 is 1.33 bits per heavy atom. The minimum atomic E-state index is -0.00639. The molecular formula is C19H30N4O. The molecular weight excluding hydrogens is 300 g/mol. The highest BCUT2D eigenvalue weighted by atomic mass is 16.5. The SMILES string of the molecule is CCCc1[nH]nc2c1C(CC(C)CCCC(C)C)C(C#N)=C(N)O2. The van der Waals surface area contributed by atoms with Gasteiger partial charge in [0, 0.05) is 17.2 Å². The van der Waals surface area contributed by atoms with Crippen molar-refractivity contribution in [2.24, 2.45) is 17.6 Å². The van der Waals surface area contributed by atoms with E-state index >= 15 is 0 Å². The fraction of sp³-hybridized carbons (Fsp3) is 0.684. The molecule has 0 radical (unpaired) electrons. The van der Waals surface area contributed by atoms with Crippen LogP contribution < -0.4 is 10.5 Å².